The van der Waals surface area contributed by atoms with Crippen LogP contribution in [0.15, 0.2) is 54.6 Å². The molecule has 0 spiro atoms. The molecule has 1 atom stereocenters. The summed E-state index contributed by atoms with van der Waals surface area (Å²) in [6.07, 6.45) is 3.41. The van der Waals surface area contributed by atoms with E-state index in [9.17, 15) is 4.79 Å². The molecule has 0 radical (unpaired) electrons. The highest BCUT2D eigenvalue weighted by atomic mass is 35.5. The van der Waals surface area contributed by atoms with E-state index in [4.69, 9.17) is 11.6 Å². The van der Waals surface area contributed by atoms with Gasteiger partial charge in [0.05, 0.1) is 16.8 Å². The van der Waals surface area contributed by atoms with Gasteiger partial charge in [-0.15, -0.1) is 0 Å². The molecule has 1 saturated heterocycles. The molecular formula is C21H25ClN2O. The molecule has 2 aromatic rings. The van der Waals surface area contributed by atoms with Gasteiger partial charge in [-0.1, -0.05) is 54.1 Å². The first-order valence-corrected chi connectivity index (χ1v) is 9.34. The second-order valence-electron chi connectivity index (χ2n) is 6.81. The summed E-state index contributed by atoms with van der Waals surface area (Å²) in [6.45, 7) is 3.91. The monoisotopic (exact) mass is 356 g/mol. The second kappa shape index (κ2) is 8.50. The molecule has 1 amide bonds. The van der Waals surface area contributed by atoms with Gasteiger partial charge in [0, 0.05) is 0 Å². The van der Waals surface area contributed by atoms with Crippen LogP contribution in [0.2, 0.25) is 5.02 Å². The largest absolute Gasteiger partial charge is 0.323 e. The minimum atomic E-state index is -0.144. The highest BCUT2D eigenvalue weighted by Gasteiger charge is 2.26. The smallest absolute Gasteiger partial charge is 0.241 e. The highest BCUT2D eigenvalue weighted by molar-refractivity contribution is 6.33. The van der Waals surface area contributed by atoms with Crippen molar-refractivity contribution in [3.8, 4) is 0 Å². The minimum absolute atomic E-state index is 0.00890. The maximum Gasteiger partial charge on any atom is 0.241 e. The number of nitrogens with zero attached hydrogens (tertiary/aromatic N) is 1. The molecule has 1 heterocycles. The van der Waals surface area contributed by atoms with Gasteiger partial charge in [-0.2, -0.15) is 0 Å². The molecule has 0 unspecified atom stereocenters. The van der Waals surface area contributed by atoms with Crippen molar-refractivity contribution >= 4 is 23.2 Å². The summed E-state index contributed by atoms with van der Waals surface area (Å²) >= 11 is 6.13. The highest BCUT2D eigenvalue weighted by Crippen LogP contribution is 2.24. The molecular weight excluding hydrogens is 332 g/mol. The Morgan fingerprint density at radius 3 is 2.44 bits per heavy atom. The Kier molecular flexibility index (Phi) is 6.11. The van der Waals surface area contributed by atoms with E-state index in [0.29, 0.717) is 16.6 Å². The van der Waals surface area contributed by atoms with E-state index in [0.717, 1.165) is 32.4 Å². The molecule has 1 N–H and O–H groups in total. The van der Waals surface area contributed by atoms with Crippen LogP contribution >= 0.6 is 11.6 Å². The first-order chi connectivity index (χ1) is 12.1. The van der Waals surface area contributed by atoms with Crippen LogP contribution in [-0.4, -0.2) is 29.9 Å². The van der Waals surface area contributed by atoms with Crippen LogP contribution < -0.4 is 5.32 Å². The number of hydrogen-bond acceptors (Lipinski definition) is 2. The molecule has 1 aliphatic heterocycles. The second-order valence-corrected chi connectivity index (χ2v) is 7.22. The first kappa shape index (κ1) is 18.0. The zero-order valence-electron chi connectivity index (χ0n) is 14.6. The maximum absolute atomic E-state index is 12.5. The van der Waals surface area contributed by atoms with Crippen molar-refractivity contribution in [1.82, 2.24) is 4.90 Å². The zero-order chi connectivity index (χ0) is 17.6. The van der Waals surface area contributed by atoms with E-state index in [-0.39, 0.29) is 11.9 Å². The van der Waals surface area contributed by atoms with Crippen molar-refractivity contribution in [2.45, 2.75) is 32.2 Å². The SMILES string of the molecule is C[C@H](C(=O)Nc1ccccc1Cl)N1CCC(Cc2ccccc2)CC1. The molecule has 2 aromatic carbocycles. The van der Waals surface area contributed by atoms with Gasteiger partial charge in [0.15, 0.2) is 0 Å². The van der Waals surface area contributed by atoms with Gasteiger partial charge in [-0.3, -0.25) is 9.69 Å². The van der Waals surface area contributed by atoms with Crippen molar-refractivity contribution < 1.29 is 4.79 Å². The third-order valence-corrected chi connectivity index (χ3v) is 5.40. The van der Waals surface area contributed by atoms with Gasteiger partial charge >= 0.3 is 0 Å². The van der Waals surface area contributed by atoms with Crippen LogP contribution in [-0.2, 0) is 11.2 Å². The Bertz CT molecular complexity index is 696. The lowest BCUT2D eigenvalue weighted by Crippen LogP contribution is -2.46. The van der Waals surface area contributed by atoms with Gasteiger partial charge in [0.1, 0.15) is 0 Å². The van der Waals surface area contributed by atoms with Gasteiger partial charge in [-0.25, -0.2) is 0 Å². The summed E-state index contributed by atoms with van der Waals surface area (Å²) in [5.41, 5.74) is 2.09. The molecule has 0 aliphatic carbocycles. The predicted octanol–water partition coefficient (Wildman–Crippen LogP) is 4.62. The van der Waals surface area contributed by atoms with E-state index in [2.05, 4.69) is 40.5 Å². The number of hydrogen-bond donors (Lipinski definition) is 1. The number of carbonyl (C=O) groups excluding carboxylic acids is 1. The van der Waals surface area contributed by atoms with Gasteiger partial charge < -0.3 is 5.32 Å². The molecule has 132 valence electrons. The number of benzene rings is 2. The van der Waals surface area contributed by atoms with E-state index >= 15 is 0 Å². The molecule has 1 aliphatic rings. The van der Waals surface area contributed by atoms with Crippen molar-refractivity contribution in [3.63, 3.8) is 0 Å². The molecule has 3 nitrogen and oxygen atoms in total. The number of likely N-dealkylation sites (tertiary alicyclic amines) is 1. The number of amides is 1. The Morgan fingerprint density at radius 2 is 1.76 bits per heavy atom. The van der Waals surface area contributed by atoms with Crippen molar-refractivity contribution in [3.05, 3.63) is 65.2 Å². The molecule has 3 rings (SSSR count). The zero-order valence-corrected chi connectivity index (χ0v) is 15.4. The lowest BCUT2D eigenvalue weighted by atomic mass is 9.89. The van der Waals surface area contributed by atoms with Crippen molar-refractivity contribution in [1.29, 1.82) is 0 Å². The third kappa shape index (κ3) is 4.83. The van der Waals surface area contributed by atoms with E-state index in [1.807, 2.05) is 25.1 Å². The molecule has 1 fully saturated rings. The molecule has 4 heteroatoms. The van der Waals surface area contributed by atoms with Crippen LogP contribution in [0.25, 0.3) is 0 Å². The topological polar surface area (TPSA) is 32.3 Å². The quantitative estimate of drug-likeness (QED) is 0.847. The number of anilines is 1. The molecule has 0 bridgehead atoms. The normalized spacial score (nSPS) is 17.2. The lowest BCUT2D eigenvalue weighted by Gasteiger charge is -2.35. The summed E-state index contributed by atoms with van der Waals surface area (Å²) in [4.78, 5) is 14.8. The van der Waals surface area contributed by atoms with Crippen LogP contribution in [0.3, 0.4) is 0 Å². The van der Waals surface area contributed by atoms with E-state index in [1.165, 1.54) is 5.56 Å². The number of piperidine rings is 1. The lowest BCUT2D eigenvalue weighted by molar-refractivity contribution is -0.121. The molecule has 0 aromatic heterocycles. The number of para-hydroxylation sites is 1. The number of rotatable bonds is 5. The van der Waals surface area contributed by atoms with Gasteiger partial charge in [-0.05, 0) is 62.9 Å². The predicted molar refractivity (Wildman–Crippen MR) is 104 cm³/mol. The van der Waals surface area contributed by atoms with Crippen LogP contribution in [0.1, 0.15) is 25.3 Å². The molecule has 25 heavy (non-hydrogen) atoms. The van der Waals surface area contributed by atoms with Crippen LogP contribution in [0.5, 0.6) is 0 Å². The maximum atomic E-state index is 12.5. The Morgan fingerprint density at radius 1 is 1.12 bits per heavy atom. The van der Waals surface area contributed by atoms with Gasteiger partial charge in [0.25, 0.3) is 0 Å². The summed E-state index contributed by atoms with van der Waals surface area (Å²) in [5.74, 6) is 0.715. The van der Waals surface area contributed by atoms with Crippen LogP contribution in [0.4, 0.5) is 5.69 Å². The van der Waals surface area contributed by atoms with Crippen molar-refractivity contribution in [2.24, 2.45) is 5.92 Å². The summed E-state index contributed by atoms with van der Waals surface area (Å²) in [6, 6.07) is 17.9. The fraction of sp³-hybridized carbons (Fsp3) is 0.381. The van der Waals surface area contributed by atoms with Crippen LogP contribution in [0, 0.1) is 5.92 Å². The average Bonchev–Trinajstić information content (AvgIpc) is 2.64. The minimum Gasteiger partial charge on any atom is -0.323 e. The fourth-order valence-electron chi connectivity index (χ4n) is 3.46. The standard InChI is InChI=1S/C21H25ClN2O/c1-16(21(25)23-20-10-6-5-9-19(20)22)24-13-11-18(12-14-24)15-17-7-3-2-4-8-17/h2-10,16,18H,11-15H2,1H3,(H,23,25)/t16-/m1/s1. The Hall–Kier alpha value is -1.84. The molecule has 0 saturated carbocycles. The average molecular weight is 357 g/mol. The van der Waals surface area contributed by atoms with E-state index in [1.54, 1.807) is 6.07 Å². The fourth-order valence-corrected chi connectivity index (χ4v) is 3.64. The summed E-state index contributed by atoms with van der Waals surface area (Å²) in [7, 11) is 0. The van der Waals surface area contributed by atoms with E-state index < -0.39 is 0 Å². The number of halogens is 1. The third-order valence-electron chi connectivity index (χ3n) is 5.08. The first-order valence-electron chi connectivity index (χ1n) is 8.97. The van der Waals surface area contributed by atoms with Crippen molar-refractivity contribution in [2.75, 3.05) is 18.4 Å². The van der Waals surface area contributed by atoms with Gasteiger partial charge in [0.2, 0.25) is 5.91 Å². The number of carbonyl (C=O) groups is 1. The summed E-state index contributed by atoms with van der Waals surface area (Å²) < 4.78 is 0. The number of nitrogens with one attached hydrogen (secondary N) is 1. The Balaban J connectivity index is 1.50. The summed E-state index contributed by atoms with van der Waals surface area (Å²) in [5, 5.41) is 3.52. The Labute approximate surface area is 155 Å².